The summed E-state index contributed by atoms with van der Waals surface area (Å²) in [6.07, 6.45) is 1.51. The van der Waals surface area contributed by atoms with Crippen LogP contribution in [0.15, 0.2) is 24.3 Å². The van der Waals surface area contributed by atoms with Crippen LogP contribution in [0.2, 0.25) is 0 Å². The molecular weight excluding hydrogens is 284 g/mol. The van der Waals surface area contributed by atoms with Gasteiger partial charge in [-0.1, -0.05) is 12.1 Å². The zero-order chi connectivity index (χ0) is 15.9. The molecule has 1 fully saturated rings. The number of nitrogen functional groups attached to an aromatic ring is 1. The standard InChI is InChI=1S/C16H22N2O4/c1-21-15(19)10-14(11-2-4-13(17)5-3-11)18-16(20)12-6-8-22-9-7-12/h2-5,12,14H,6-10,17H2,1H3,(H,18,20). The number of benzene rings is 1. The van der Waals surface area contributed by atoms with Gasteiger partial charge in [-0.2, -0.15) is 0 Å². The van der Waals surface area contributed by atoms with Crippen molar-refractivity contribution in [1.29, 1.82) is 0 Å². The molecule has 1 amide bonds. The number of hydrogen-bond acceptors (Lipinski definition) is 5. The smallest absolute Gasteiger partial charge is 0.307 e. The van der Waals surface area contributed by atoms with Crippen LogP contribution < -0.4 is 11.1 Å². The van der Waals surface area contributed by atoms with Gasteiger partial charge in [0.2, 0.25) is 5.91 Å². The van der Waals surface area contributed by atoms with Gasteiger partial charge in [0, 0.05) is 24.8 Å². The number of ether oxygens (including phenoxy) is 2. The van der Waals surface area contributed by atoms with Crippen molar-refractivity contribution in [2.24, 2.45) is 5.92 Å². The van der Waals surface area contributed by atoms with Crippen LogP contribution in [0.4, 0.5) is 5.69 Å². The molecule has 1 atom stereocenters. The topological polar surface area (TPSA) is 90.6 Å². The third kappa shape index (κ3) is 4.46. The summed E-state index contributed by atoms with van der Waals surface area (Å²) in [5, 5.41) is 2.95. The van der Waals surface area contributed by atoms with Crippen molar-refractivity contribution >= 4 is 17.6 Å². The van der Waals surface area contributed by atoms with Crippen molar-refractivity contribution in [2.45, 2.75) is 25.3 Å². The van der Waals surface area contributed by atoms with Gasteiger partial charge in [-0.15, -0.1) is 0 Å². The quantitative estimate of drug-likeness (QED) is 0.634. The number of hydrogen-bond donors (Lipinski definition) is 2. The highest BCUT2D eigenvalue weighted by atomic mass is 16.5. The first-order valence-corrected chi connectivity index (χ1v) is 7.40. The Hall–Kier alpha value is -2.08. The Kier molecular flexibility index (Phi) is 5.77. The molecule has 1 aromatic carbocycles. The van der Waals surface area contributed by atoms with Gasteiger partial charge in [-0.25, -0.2) is 0 Å². The summed E-state index contributed by atoms with van der Waals surface area (Å²) in [5.41, 5.74) is 7.15. The molecule has 0 saturated carbocycles. The highest BCUT2D eigenvalue weighted by Gasteiger charge is 2.25. The molecule has 6 heteroatoms. The van der Waals surface area contributed by atoms with E-state index >= 15 is 0 Å². The minimum Gasteiger partial charge on any atom is -0.469 e. The maximum Gasteiger partial charge on any atom is 0.307 e. The number of anilines is 1. The van der Waals surface area contributed by atoms with E-state index < -0.39 is 6.04 Å². The van der Waals surface area contributed by atoms with Crippen LogP contribution >= 0.6 is 0 Å². The van der Waals surface area contributed by atoms with E-state index in [2.05, 4.69) is 5.32 Å². The summed E-state index contributed by atoms with van der Waals surface area (Å²) in [7, 11) is 1.34. The maximum atomic E-state index is 12.4. The molecular formula is C16H22N2O4. The third-order valence-corrected chi connectivity index (χ3v) is 3.85. The highest BCUT2D eigenvalue weighted by Crippen LogP contribution is 2.22. The molecule has 120 valence electrons. The molecule has 6 nitrogen and oxygen atoms in total. The van der Waals surface area contributed by atoms with Gasteiger partial charge in [0.1, 0.15) is 0 Å². The molecule has 0 bridgehead atoms. The molecule has 1 aliphatic rings. The van der Waals surface area contributed by atoms with E-state index in [-0.39, 0.29) is 24.2 Å². The van der Waals surface area contributed by atoms with Crippen molar-refractivity contribution in [3.8, 4) is 0 Å². The van der Waals surface area contributed by atoms with Crippen molar-refractivity contribution in [3.63, 3.8) is 0 Å². The summed E-state index contributed by atoms with van der Waals surface area (Å²) >= 11 is 0. The lowest BCUT2D eigenvalue weighted by atomic mass is 9.97. The molecule has 1 unspecified atom stereocenters. The van der Waals surface area contributed by atoms with E-state index in [1.54, 1.807) is 12.1 Å². The van der Waals surface area contributed by atoms with Gasteiger partial charge in [0.05, 0.1) is 19.6 Å². The molecule has 0 aliphatic carbocycles. The lowest BCUT2D eigenvalue weighted by molar-refractivity contribution is -0.141. The zero-order valence-electron chi connectivity index (χ0n) is 12.7. The second-order valence-corrected chi connectivity index (χ2v) is 5.39. The van der Waals surface area contributed by atoms with Crippen LogP contribution in [0.25, 0.3) is 0 Å². The van der Waals surface area contributed by atoms with Gasteiger partial charge in [-0.05, 0) is 30.5 Å². The number of methoxy groups -OCH3 is 1. The zero-order valence-corrected chi connectivity index (χ0v) is 12.7. The molecule has 1 saturated heterocycles. The molecule has 1 heterocycles. The van der Waals surface area contributed by atoms with Crippen molar-refractivity contribution in [2.75, 3.05) is 26.1 Å². The largest absolute Gasteiger partial charge is 0.469 e. The number of carbonyl (C=O) groups excluding carboxylic acids is 2. The third-order valence-electron chi connectivity index (χ3n) is 3.85. The minimum absolute atomic E-state index is 0.0472. The van der Waals surface area contributed by atoms with E-state index in [0.29, 0.717) is 31.7 Å². The lowest BCUT2D eigenvalue weighted by Gasteiger charge is -2.25. The fourth-order valence-electron chi connectivity index (χ4n) is 2.48. The molecule has 0 radical (unpaired) electrons. The molecule has 3 N–H and O–H groups in total. The number of amides is 1. The number of rotatable bonds is 5. The molecule has 0 spiro atoms. The molecule has 22 heavy (non-hydrogen) atoms. The Morgan fingerprint density at radius 2 is 1.95 bits per heavy atom. The first kappa shape index (κ1) is 16.3. The van der Waals surface area contributed by atoms with Gasteiger partial charge < -0.3 is 20.5 Å². The normalized spacial score (nSPS) is 16.8. The van der Waals surface area contributed by atoms with E-state index in [9.17, 15) is 9.59 Å². The lowest BCUT2D eigenvalue weighted by Crippen LogP contribution is -2.37. The highest BCUT2D eigenvalue weighted by molar-refractivity contribution is 5.80. The Morgan fingerprint density at radius 3 is 2.55 bits per heavy atom. The van der Waals surface area contributed by atoms with Crippen molar-refractivity contribution in [3.05, 3.63) is 29.8 Å². The Balaban J connectivity index is 2.07. The first-order valence-electron chi connectivity index (χ1n) is 7.40. The van der Waals surface area contributed by atoms with Crippen molar-refractivity contribution in [1.82, 2.24) is 5.32 Å². The van der Waals surface area contributed by atoms with Crippen LogP contribution in [-0.4, -0.2) is 32.2 Å². The van der Waals surface area contributed by atoms with Crippen molar-refractivity contribution < 1.29 is 19.1 Å². The number of carbonyl (C=O) groups is 2. The molecule has 0 aromatic heterocycles. The SMILES string of the molecule is COC(=O)CC(NC(=O)C1CCOCC1)c1ccc(N)cc1. The summed E-state index contributed by atoms with van der Waals surface area (Å²) in [4.78, 5) is 24.0. The average molecular weight is 306 g/mol. The van der Waals surface area contributed by atoms with Crippen LogP contribution in [0.1, 0.15) is 30.9 Å². The monoisotopic (exact) mass is 306 g/mol. The fraction of sp³-hybridized carbons (Fsp3) is 0.500. The molecule has 2 rings (SSSR count). The average Bonchev–Trinajstić information content (AvgIpc) is 2.55. The number of nitrogens with two attached hydrogens (primary N) is 1. The minimum atomic E-state index is -0.414. The Bertz CT molecular complexity index is 509. The molecule has 1 aliphatic heterocycles. The second-order valence-electron chi connectivity index (χ2n) is 5.39. The summed E-state index contributed by atoms with van der Waals surface area (Å²) < 4.78 is 9.98. The Morgan fingerprint density at radius 1 is 1.32 bits per heavy atom. The molecule has 1 aromatic rings. The van der Waals surface area contributed by atoms with E-state index in [1.807, 2.05) is 12.1 Å². The van der Waals surface area contributed by atoms with E-state index in [1.165, 1.54) is 7.11 Å². The van der Waals surface area contributed by atoms with Crippen LogP contribution in [0.5, 0.6) is 0 Å². The van der Waals surface area contributed by atoms with Crippen LogP contribution in [0.3, 0.4) is 0 Å². The number of nitrogens with one attached hydrogen (secondary N) is 1. The maximum absolute atomic E-state index is 12.4. The number of esters is 1. The van der Waals surface area contributed by atoms with Gasteiger partial charge in [0.15, 0.2) is 0 Å². The summed E-state index contributed by atoms with van der Waals surface area (Å²) in [6, 6.07) is 6.71. The van der Waals surface area contributed by atoms with E-state index in [4.69, 9.17) is 15.2 Å². The van der Waals surface area contributed by atoms with Gasteiger partial charge in [-0.3, -0.25) is 9.59 Å². The van der Waals surface area contributed by atoms with Crippen LogP contribution in [0, 0.1) is 5.92 Å². The van der Waals surface area contributed by atoms with Crippen LogP contribution in [-0.2, 0) is 19.1 Å². The van der Waals surface area contributed by atoms with Gasteiger partial charge >= 0.3 is 5.97 Å². The summed E-state index contributed by atoms with van der Waals surface area (Å²) in [5.74, 6) is -0.481. The predicted molar refractivity (Wildman–Crippen MR) is 81.9 cm³/mol. The summed E-state index contributed by atoms with van der Waals surface area (Å²) in [6.45, 7) is 1.20. The van der Waals surface area contributed by atoms with E-state index in [0.717, 1.165) is 5.56 Å². The second kappa shape index (κ2) is 7.79. The predicted octanol–water partition coefficient (Wildman–Crippen LogP) is 1.42. The van der Waals surface area contributed by atoms with Gasteiger partial charge in [0.25, 0.3) is 0 Å². The first-order chi connectivity index (χ1) is 10.6. The fourth-order valence-corrected chi connectivity index (χ4v) is 2.48. The Labute approximate surface area is 130 Å².